The number of hydrogen-bond acceptors (Lipinski definition) is 5. The summed E-state index contributed by atoms with van der Waals surface area (Å²) < 4.78 is 42.6. The van der Waals surface area contributed by atoms with Gasteiger partial charge in [0.1, 0.15) is 11.5 Å². The molecule has 2 aromatic rings. The molecule has 2 rings (SSSR count). The standard InChI is InChI=1S/C21H30FN5O4S/c1-8-26(6)20(28)17-11-18(24-27(17)7)32(30,31)25-21(29)23-19-15(12(2)3)9-14(22)10-16(19)13(4)5/h9-13H,8H2,1-7H3,(H2,23,25,29). The second-order valence-electron chi connectivity index (χ2n) is 8.14. The van der Waals surface area contributed by atoms with E-state index in [2.05, 4.69) is 10.4 Å². The van der Waals surface area contributed by atoms with Gasteiger partial charge < -0.3 is 10.2 Å². The Hall–Kier alpha value is -2.95. The number of amides is 3. The maximum Gasteiger partial charge on any atom is 0.333 e. The summed E-state index contributed by atoms with van der Waals surface area (Å²) in [5, 5.41) is 5.97. The van der Waals surface area contributed by atoms with Crippen molar-refractivity contribution >= 4 is 27.6 Å². The van der Waals surface area contributed by atoms with Crippen LogP contribution in [-0.2, 0) is 17.1 Å². The summed E-state index contributed by atoms with van der Waals surface area (Å²) in [5.41, 5.74) is 1.53. The quantitative estimate of drug-likeness (QED) is 0.648. The van der Waals surface area contributed by atoms with Crippen LogP contribution in [-0.4, -0.2) is 48.6 Å². The SMILES string of the molecule is CCN(C)C(=O)c1cc(S(=O)(=O)NC(=O)Nc2c(C(C)C)cc(F)cc2C(C)C)nn1C. The van der Waals surface area contributed by atoms with Crippen molar-refractivity contribution in [2.45, 2.75) is 51.5 Å². The van der Waals surface area contributed by atoms with E-state index in [4.69, 9.17) is 0 Å². The molecule has 0 saturated carbocycles. The number of aryl methyl sites for hydroxylation is 1. The Balaban J connectivity index is 2.34. The van der Waals surface area contributed by atoms with Crippen LogP contribution in [0.4, 0.5) is 14.9 Å². The van der Waals surface area contributed by atoms with Crippen LogP contribution in [0.2, 0.25) is 0 Å². The van der Waals surface area contributed by atoms with Gasteiger partial charge in [0.25, 0.3) is 15.9 Å². The van der Waals surface area contributed by atoms with Gasteiger partial charge in [-0.1, -0.05) is 27.7 Å². The monoisotopic (exact) mass is 467 g/mol. The Morgan fingerprint density at radius 2 is 1.66 bits per heavy atom. The molecule has 32 heavy (non-hydrogen) atoms. The van der Waals surface area contributed by atoms with Crippen molar-refractivity contribution in [3.8, 4) is 0 Å². The van der Waals surface area contributed by atoms with Crippen LogP contribution in [0.5, 0.6) is 0 Å². The highest BCUT2D eigenvalue weighted by Crippen LogP contribution is 2.33. The smallest absolute Gasteiger partial charge is 0.333 e. The van der Waals surface area contributed by atoms with Crippen molar-refractivity contribution in [3.63, 3.8) is 0 Å². The van der Waals surface area contributed by atoms with Crippen molar-refractivity contribution in [3.05, 3.63) is 40.8 Å². The molecule has 0 unspecified atom stereocenters. The molecule has 9 nitrogen and oxygen atoms in total. The summed E-state index contributed by atoms with van der Waals surface area (Å²) in [4.78, 5) is 26.4. The first kappa shape index (κ1) is 25.3. The molecule has 0 aliphatic heterocycles. The fraction of sp³-hybridized carbons (Fsp3) is 0.476. The van der Waals surface area contributed by atoms with Gasteiger partial charge >= 0.3 is 6.03 Å². The Morgan fingerprint density at radius 3 is 2.12 bits per heavy atom. The zero-order chi connectivity index (χ0) is 24.4. The van der Waals surface area contributed by atoms with Crippen LogP contribution in [0.1, 0.15) is 68.1 Å². The largest absolute Gasteiger partial charge is 0.341 e. The first-order valence-corrected chi connectivity index (χ1v) is 11.7. The van der Waals surface area contributed by atoms with Gasteiger partial charge in [-0.2, -0.15) is 13.5 Å². The number of benzene rings is 1. The Labute approximate surface area is 188 Å². The zero-order valence-electron chi connectivity index (χ0n) is 19.4. The van der Waals surface area contributed by atoms with Crippen LogP contribution in [0.3, 0.4) is 0 Å². The Morgan fingerprint density at radius 1 is 1.12 bits per heavy atom. The second kappa shape index (κ2) is 9.68. The minimum absolute atomic E-state index is 0.0675. The fourth-order valence-electron chi connectivity index (χ4n) is 3.13. The van der Waals surface area contributed by atoms with Gasteiger partial charge in [-0.25, -0.2) is 13.9 Å². The lowest BCUT2D eigenvalue weighted by atomic mass is 9.92. The summed E-state index contributed by atoms with van der Waals surface area (Å²) in [6, 6.07) is 2.74. The van der Waals surface area contributed by atoms with E-state index in [1.165, 1.54) is 24.1 Å². The molecule has 0 atom stereocenters. The third kappa shape index (κ3) is 5.45. The number of carbonyl (C=O) groups is 2. The van der Waals surface area contributed by atoms with E-state index >= 15 is 0 Å². The third-order valence-electron chi connectivity index (χ3n) is 5.05. The summed E-state index contributed by atoms with van der Waals surface area (Å²) in [5.74, 6) is -1.06. The van der Waals surface area contributed by atoms with Gasteiger partial charge in [0.05, 0.1) is 0 Å². The highest BCUT2D eigenvalue weighted by molar-refractivity contribution is 7.90. The zero-order valence-corrected chi connectivity index (χ0v) is 20.2. The van der Waals surface area contributed by atoms with Gasteiger partial charge in [-0.05, 0) is 42.0 Å². The topological polar surface area (TPSA) is 113 Å². The normalized spacial score (nSPS) is 11.7. The minimum Gasteiger partial charge on any atom is -0.341 e. The van der Waals surface area contributed by atoms with Crippen LogP contribution < -0.4 is 10.0 Å². The molecule has 2 N–H and O–H groups in total. The molecule has 3 amide bonds. The van der Waals surface area contributed by atoms with Crippen LogP contribution >= 0.6 is 0 Å². The summed E-state index contributed by atoms with van der Waals surface area (Å²) in [6.07, 6.45) is 0. The molecule has 0 bridgehead atoms. The Kier molecular flexibility index (Phi) is 7.66. The molecule has 0 aliphatic carbocycles. The third-order valence-corrected chi connectivity index (χ3v) is 6.25. The molecule has 0 fully saturated rings. The number of hydrogen-bond donors (Lipinski definition) is 2. The number of urea groups is 1. The van der Waals surface area contributed by atoms with E-state index in [1.807, 2.05) is 32.4 Å². The number of sulfonamides is 1. The highest BCUT2D eigenvalue weighted by atomic mass is 32.2. The number of halogens is 1. The first-order valence-electron chi connectivity index (χ1n) is 10.2. The van der Waals surface area contributed by atoms with Crippen LogP contribution in [0, 0.1) is 5.82 Å². The number of nitrogens with one attached hydrogen (secondary N) is 2. The molecule has 0 aliphatic rings. The number of anilines is 1. The van der Waals surface area contributed by atoms with E-state index in [-0.39, 0.29) is 17.5 Å². The fourth-order valence-corrected chi connectivity index (χ4v) is 4.03. The molecule has 0 spiro atoms. The van der Waals surface area contributed by atoms with E-state index in [1.54, 1.807) is 14.0 Å². The van der Waals surface area contributed by atoms with E-state index in [0.717, 1.165) is 10.7 Å². The predicted molar refractivity (Wildman–Crippen MR) is 120 cm³/mol. The Bertz CT molecular complexity index is 1100. The molecule has 11 heteroatoms. The second-order valence-corrected chi connectivity index (χ2v) is 9.77. The molecule has 0 radical (unpaired) electrons. The molecule has 1 heterocycles. The summed E-state index contributed by atoms with van der Waals surface area (Å²) in [6.45, 7) is 9.60. The highest BCUT2D eigenvalue weighted by Gasteiger charge is 2.26. The van der Waals surface area contributed by atoms with Crippen molar-refractivity contribution < 1.29 is 22.4 Å². The molecular formula is C21H30FN5O4S. The van der Waals surface area contributed by atoms with Crippen molar-refractivity contribution in [1.82, 2.24) is 19.4 Å². The van der Waals surface area contributed by atoms with Gasteiger partial charge in [0, 0.05) is 32.4 Å². The summed E-state index contributed by atoms with van der Waals surface area (Å²) >= 11 is 0. The number of aromatic nitrogens is 2. The molecule has 1 aromatic heterocycles. The summed E-state index contributed by atoms with van der Waals surface area (Å²) in [7, 11) is -1.34. The minimum atomic E-state index is -4.36. The molecule has 176 valence electrons. The maximum absolute atomic E-state index is 14.1. The van der Waals surface area contributed by atoms with Crippen molar-refractivity contribution in [2.75, 3.05) is 18.9 Å². The molecular weight excluding hydrogens is 437 g/mol. The predicted octanol–water partition coefficient (Wildman–Crippen LogP) is 3.41. The molecule has 0 saturated heterocycles. The lowest BCUT2D eigenvalue weighted by Crippen LogP contribution is -2.35. The average Bonchev–Trinajstić information content (AvgIpc) is 3.09. The van der Waals surface area contributed by atoms with E-state index in [0.29, 0.717) is 23.4 Å². The number of nitrogens with zero attached hydrogens (tertiary/aromatic N) is 3. The van der Waals surface area contributed by atoms with Gasteiger partial charge in [0.2, 0.25) is 0 Å². The van der Waals surface area contributed by atoms with E-state index < -0.39 is 32.8 Å². The first-order chi connectivity index (χ1) is 14.8. The lowest BCUT2D eigenvalue weighted by Gasteiger charge is -2.20. The maximum atomic E-state index is 14.1. The van der Waals surface area contributed by atoms with Gasteiger partial charge in [0.15, 0.2) is 5.03 Å². The van der Waals surface area contributed by atoms with Crippen molar-refractivity contribution in [2.24, 2.45) is 7.05 Å². The van der Waals surface area contributed by atoms with Crippen molar-refractivity contribution in [1.29, 1.82) is 0 Å². The van der Waals surface area contributed by atoms with Gasteiger partial charge in [-0.3, -0.25) is 9.48 Å². The van der Waals surface area contributed by atoms with Crippen LogP contribution in [0.25, 0.3) is 0 Å². The number of carbonyl (C=O) groups excluding carboxylic acids is 2. The lowest BCUT2D eigenvalue weighted by molar-refractivity contribution is 0.0791. The van der Waals surface area contributed by atoms with Crippen LogP contribution in [0.15, 0.2) is 23.2 Å². The van der Waals surface area contributed by atoms with Gasteiger partial charge in [-0.15, -0.1) is 0 Å². The average molecular weight is 468 g/mol. The van der Waals surface area contributed by atoms with E-state index in [9.17, 15) is 22.4 Å². The molecule has 1 aromatic carbocycles. The number of rotatable bonds is 7.